The van der Waals surface area contributed by atoms with Crippen molar-refractivity contribution in [2.45, 2.75) is 23.5 Å². The van der Waals surface area contributed by atoms with Crippen molar-refractivity contribution < 1.29 is 4.79 Å². The summed E-state index contributed by atoms with van der Waals surface area (Å²) in [5.74, 6) is -0.0837. The predicted molar refractivity (Wildman–Crippen MR) is 80.2 cm³/mol. The van der Waals surface area contributed by atoms with Crippen molar-refractivity contribution >= 4 is 44.0 Å². The maximum Gasteiger partial charge on any atom is 0.248 e. The van der Waals surface area contributed by atoms with E-state index in [-0.39, 0.29) is 9.14 Å². The van der Waals surface area contributed by atoms with E-state index in [0.717, 1.165) is 12.0 Å². The highest BCUT2D eigenvalue weighted by Crippen LogP contribution is 2.66. The third-order valence-corrected chi connectivity index (χ3v) is 5.53. The third-order valence-electron chi connectivity index (χ3n) is 3.22. The number of hydrogen-bond acceptors (Lipinski definition) is 2. The van der Waals surface area contributed by atoms with E-state index in [1.165, 1.54) is 5.56 Å². The van der Waals surface area contributed by atoms with Crippen molar-refractivity contribution in [1.29, 1.82) is 0 Å². The summed E-state index contributed by atoms with van der Waals surface area (Å²) in [7, 11) is 0. The summed E-state index contributed by atoms with van der Waals surface area (Å²) in [6, 6.07) is 7.94. The molecule has 1 amide bonds. The van der Waals surface area contributed by atoms with Crippen LogP contribution in [-0.4, -0.2) is 15.4 Å². The minimum Gasteiger partial charge on any atom is -0.272 e. The first-order chi connectivity index (χ1) is 8.35. The largest absolute Gasteiger partial charge is 0.272 e. The van der Waals surface area contributed by atoms with E-state index in [1.54, 1.807) is 6.21 Å². The van der Waals surface area contributed by atoms with Crippen molar-refractivity contribution in [3.63, 3.8) is 0 Å². The lowest BCUT2D eigenvalue weighted by Gasteiger charge is -2.09. The Balaban J connectivity index is 1.93. The van der Waals surface area contributed by atoms with E-state index in [1.807, 2.05) is 38.1 Å². The van der Waals surface area contributed by atoms with Crippen LogP contribution in [0.15, 0.2) is 29.4 Å². The van der Waals surface area contributed by atoms with Gasteiger partial charge in [-0.25, -0.2) is 5.43 Å². The minimum absolute atomic E-state index is 0.0837. The number of amides is 1. The molecule has 1 N–H and O–H groups in total. The number of nitrogens with one attached hydrogen (secondary N) is 1. The van der Waals surface area contributed by atoms with Gasteiger partial charge in [0.05, 0.1) is 14.9 Å². The fourth-order valence-corrected chi connectivity index (χ4v) is 3.07. The van der Waals surface area contributed by atoms with Crippen LogP contribution in [-0.2, 0) is 4.79 Å². The Morgan fingerprint density at radius 2 is 1.94 bits per heavy atom. The van der Waals surface area contributed by atoms with Gasteiger partial charge in [-0.1, -0.05) is 61.7 Å². The molecule has 0 aliphatic heterocycles. The smallest absolute Gasteiger partial charge is 0.248 e. The Hall–Kier alpha value is -0.680. The highest BCUT2D eigenvalue weighted by atomic mass is 79.9. The highest BCUT2D eigenvalue weighted by Gasteiger charge is 2.66. The molecule has 0 bridgehead atoms. The molecule has 0 heterocycles. The molecular formula is C13H14Br2N2O. The zero-order valence-electron chi connectivity index (χ0n) is 10.2. The number of carbonyl (C=O) groups excluding carboxylic acids is 1. The molecule has 96 valence electrons. The Morgan fingerprint density at radius 1 is 1.39 bits per heavy atom. The molecule has 18 heavy (non-hydrogen) atoms. The average Bonchev–Trinajstić information content (AvgIpc) is 2.82. The van der Waals surface area contributed by atoms with Crippen LogP contribution in [0.3, 0.4) is 0 Å². The van der Waals surface area contributed by atoms with Gasteiger partial charge in [0.25, 0.3) is 0 Å². The number of hydrazone groups is 1. The van der Waals surface area contributed by atoms with Gasteiger partial charge in [0.2, 0.25) is 5.91 Å². The molecule has 1 aliphatic carbocycles. The lowest BCUT2D eigenvalue weighted by Crippen LogP contribution is -2.29. The second-order valence-corrected chi connectivity index (χ2v) is 8.59. The van der Waals surface area contributed by atoms with Gasteiger partial charge in [-0.15, -0.1) is 0 Å². The zero-order chi connectivity index (χ0) is 13.4. The number of nitrogens with zero attached hydrogens (tertiary/aromatic N) is 1. The van der Waals surface area contributed by atoms with Gasteiger partial charge >= 0.3 is 0 Å². The third kappa shape index (κ3) is 2.67. The molecule has 0 unspecified atom stereocenters. The number of carbonyl (C=O) groups is 1. The van der Waals surface area contributed by atoms with E-state index >= 15 is 0 Å². The molecule has 1 aromatic rings. The lowest BCUT2D eigenvalue weighted by atomic mass is 10.1. The van der Waals surface area contributed by atoms with Crippen LogP contribution in [0.5, 0.6) is 0 Å². The van der Waals surface area contributed by atoms with E-state index < -0.39 is 5.41 Å². The molecule has 0 spiro atoms. The molecule has 1 aromatic carbocycles. The van der Waals surface area contributed by atoms with Crippen LogP contribution in [0.4, 0.5) is 0 Å². The van der Waals surface area contributed by atoms with E-state index in [0.29, 0.717) is 0 Å². The van der Waals surface area contributed by atoms with Gasteiger partial charge in [0.1, 0.15) is 0 Å². The van der Waals surface area contributed by atoms with Crippen molar-refractivity contribution in [1.82, 2.24) is 5.43 Å². The summed E-state index contributed by atoms with van der Waals surface area (Å²) in [4.78, 5) is 11.9. The minimum atomic E-state index is -0.433. The maximum atomic E-state index is 11.9. The zero-order valence-corrected chi connectivity index (χ0v) is 13.4. The van der Waals surface area contributed by atoms with Crippen molar-refractivity contribution in [3.8, 4) is 0 Å². The van der Waals surface area contributed by atoms with Gasteiger partial charge in [-0.2, -0.15) is 5.10 Å². The number of hydrogen-bond donors (Lipinski definition) is 1. The molecule has 0 aromatic heterocycles. The van der Waals surface area contributed by atoms with Crippen LogP contribution < -0.4 is 5.43 Å². The normalized spacial score (nSPS) is 25.1. The Labute approximate surface area is 123 Å². The van der Waals surface area contributed by atoms with Gasteiger partial charge in [-0.05, 0) is 25.8 Å². The molecule has 1 aliphatic rings. The summed E-state index contributed by atoms with van der Waals surface area (Å²) in [6.45, 7) is 3.93. The van der Waals surface area contributed by atoms with E-state index in [9.17, 15) is 4.79 Å². The molecule has 5 heteroatoms. The van der Waals surface area contributed by atoms with Gasteiger partial charge in [0, 0.05) is 0 Å². The SMILES string of the molecule is Cc1ccc(C=NNC(=O)[C@@]2(C)CC2(Br)Br)cc1. The fraction of sp³-hybridized carbons (Fsp3) is 0.385. The molecule has 0 saturated heterocycles. The Bertz CT molecular complexity index is 496. The second kappa shape index (κ2) is 4.78. The van der Waals surface area contributed by atoms with E-state index in [2.05, 4.69) is 42.4 Å². The highest BCUT2D eigenvalue weighted by molar-refractivity contribution is 9.25. The fourth-order valence-electron chi connectivity index (χ4n) is 1.59. The standard InChI is InChI=1S/C13H14Br2N2O/c1-9-3-5-10(6-4-9)7-16-17-11(18)12(2)8-13(12,14)15/h3-7H,8H2,1-2H3,(H,17,18)/t12-/m1/s1. The van der Waals surface area contributed by atoms with Gasteiger partial charge in [-0.3, -0.25) is 4.79 Å². The Morgan fingerprint density at radius 3 is 2.44 bits per heavy atom. The molecule has 1 fully saturated rings. The summed E-state index contributed by atoms with van der Waals surface area (Å²) < 4.78 is -0.281. The number of aryl methyl sites for hydroxylation is 1. The summed E-state index contributed by atoms with van der Waals surface area (Å²) in [5.41, 5.74) is 4.30. The quantitative estimate of drug-likeness (QED) is 0.492. The van der Waals surface area contributed by atoms with Crippen LogP contribution >= 0.6 is 31.9 Å². The Kier molecular flexibility index (Phi) is 3.65. The molecule has 1 saturated carbocycles. The number of benzene rings is 1. The van der Waals surface area contributed by atoms with Crippen LogP contribution in [0, 0.1) is 12.3 Å². The average molecular weight is 374 g/mol. The molecule has 0 radical (unpaired) electrons. The number of alkyl halides is 2. The summed E-state index contributed by atoms with van der Waals surface area (Å²) >= 11 is 6.92. The maximum absolute atomic E-state index is 11.9. The van der Waals surface area contributed by atoms with Crippen LogP contribution in [0.2, 0.25) is 0 Å². The van der Waals surface area contributed by atoms with Crippen molar-refractivity contribution in [2.75, 3.05) is 0 Å². The first kappa shape index (κ1) is 13.7. The van der Waals surface area contributed by atoms with E-state index in [4.69, 9.17) is 0 Å². The summed E-state index contributed by atoms with van der Waals surface area (Å²) in [5, 5.41) is 3.98. The monoisotopic (exact) mass is 372 g/mol. The lowest BCUT2D eigenvalue weighted by molar-refractivity contribution is -0.125. The molecule has 3 nitrogen and oxygen atoms in total. The van der Waals surface area contributed by atoms with Gasteiger partial charge < -0.3 is 0 Å². The number of rotatable bonds is 3. The van der Waals surface area contributed by atoms with Crippen molar-refractivity contribution in [3.05, 3.63) is 35.4 Å². The summed E-state index contributed by atoms with van der Waals surface area (Å²) in [6.07, 6.45) is 2.40. The first-order valence-corrected chi connectivity index (χ1v) is 7.22. The van der Waals surface area contributed by atoms with Crippen LogP contribution in [0.25, 0.3) is 0 Å². The molecule has 2 rings (SSSR count). The van der Waals surface area contributed by atoms with Crippen molar-refractivity contribution in [2.24, 2.45) is 10.5 Å². The topological polar surface area (TPSA) is 41.5 Å². The molecular weight excluding hydrogens is 360 g/mol. The molecule has 1 atom stereocenters. The predicted octanol–water partition coefficient (Wildman–Crippen LogP) is 3.34. The first-order valence-electron chi connectivity index (χ1n) is 5.63. The van der Waals surface area contributed by atoms with Gasteiger partial charge in [0.15, 0.2) is 0 Å². The second-order valence-electron chi connectivity index (χ2n) is 4.82. The van der Waals surface area contributed by atoms with Crippen LogP contribution in [0.1, 0.15) is 24.5 Å². The number of halogens is 2.